The maximum absolute atomic E-state index is 12.9. The molecule has 1 fully saturated rings. The number of phenols is 2. The molecule has 1 saturated carbocycles. The number of nitrogens with one attached hydrogen (secondary N) is 1. The lowest BCUT2D eigenvalue weighted by atomic mass is 9.85. The number of nitrogens with zero attached hydrogens (tertiary/aromatic N) is 1. The van der Waals surface area contributed by atoms with Crippen LogP contribution in [-0.2, 0) is 10.2 Å². The van der Waals surface area contributed by atoms with Crippen LogP contribution in [0.5, 0.6) is 11.5 Å². The third kappa shape index (κ3) is 3.86. The fourth-order valence-electron chi connectivity index (χ4n) is 3.76. The van der Waals surface area contributed by atoms with Crippen LogP contribution in [0.4, 0.5) is 0 Å². The van der Waals surface area contributed by atoms with Gasteiger partial charge in [0.1, 0.15) is 11.5 Å². The molecule has 1 amide bonds. The van der Waals surface area contributed by atoms with E-state index in [0.717, 1.165) is 11.1 Å². The minimum atomic E-state index is -0.477. The minimum absolute atomic E-state index is 0.0534. The highest BCUT2D eigenvalue weighted by Gasteiger charge is 2.60. The van der Waals surface area contributed by atoms with Crippen molar-refractivity contribution in [3.05, 3.63) is 93.5 Å². The Morgan fingerprint density at radius 1 is 0.967 bits per heavy atom. The molecular formula is C23H18Cl2N2O3. The van der Waals surface area contributed by atoms with Crippen LogP contribution in [0.3, 0.4) is 0 Å². The fourth-order valence-corrected chi connectivity index (χ4v) is 4.02. The van der Waals surface area contributed by atoms with E-state index >= 15 is 0 Å². The predicted molar refractivity (Wildman–Crippen MR) is 117 cm³/mol. The average Bonchev–Trinajstić information content (AvgIpc) is 3.47. The van der Waals surface area contributed by atoms with Gasteiger partial charge in [-0.15, -0.1) is 0 Å². The third-order valence-electron chi connectivity index (χ3n) is 5.39. The Balaban J connectivity index is 1.57. The summed E-state index contributed by atoms with van der Waals surface area (Å²) in [4.78, 5) is 12.9. The van der Waals surface area contributed by atoms with Gasteiger partial charge in [-0.2, -0.15) is 5.10 Å². The molecule has 7 heteroatoms. The summed E-state index contributed by atoms with van der Waals surface area (Å²) in [5, 5.41) is 24.4. The first kappa shape index (κ1) is 20.3. The first-order valence-electron chi connectivity index (χ1n) is 9.27. The molecule has 1 aliphatic carbocycles. The molecule has 0 bridgehead atoms. The Hall–Kier alpha value is -3.02. The van der Waals surface area contributed by atoms with Gasteiger partial charge in [0.15, 0.2) is 0 Å². The Kier molecular flexibility index (Phi) is 5.41. The topological polar surface area (TPSA) is 81.9 Å². The van der Waals surface area contributed by atoms with Crippen LogP contribution in [0.1, 0.15) is 23.1 Å². The summed E-state index contributed by atoms with van der Waals surface area (Å²) in [6.45, 7) is 0. The number of hydrazone groups is 1. The van der Waals surface area contributed by atoms with E-state index in [4.69, 9.17) is 23.2 Å². The number of phenolic OH excluding ortho intramolecular Hbond substituents is 2. The highest BCUT2D eigenvalue weighted by atomic mass is 35.5. The molecule has 0 saturated heterocycles. The lowest BCUT2D eigenvalue weighted by Crippen LogP contribution is -2.25. The predicted octanol–water partition coefficient (Wildman–Crippen LogP) is 4.86. The van der Waals surface area contributed by atoms with Gasteiger partial charge in [-0.25, -0.2) is 5.43 Å². The Bertz CT molecular complexity index is 1070. The van der Waals surface area contributed by atoms with E-state index in [1.54, 1.807) is 0 Å². The second-order valence-electron chi connectivity index (χ2n) is 7.22. The largest absolute Gasteiger partial charge is 0.508 e. The van der Waals surface area contributed by atoms with Crippen molar-refractivity contribution >= 4 is 35.3 Å². The summed E-state index contributed by atoms with van der Waals surface area (Å²) >= 11 is 12.1. The number of benzene rings is 3. The Morgan fingerprint density at radius 2 is 1.53 bits per heavy atom. The van der Waals surface area contributed by atoms with Crippen LogP contribution < -0.4 is 5.43 Å². The van der Waals surface area contributed by atoms with Crippen LogP contribution in [0.25, 0.3) is 0 Å². The van der Waals surface area contributed by atoms with Crippen LogP contribution in [0, 0.1) is 5.92 Å². The maximum atomic E-state index is 12.9. The van der Waals surface area contributed by atoms with Crippen molar-refractivity contribution in [1.29, 1.82) is 0 Å². The van der Waals surface area contributed by atoms with Crippen LogP contribution >= 0.6 is 23.2 Å². The standard InChI is InChI=1S/C23H18Cl2N2O3/c24-17-6-2-15(3-7-17)23(16-4-8-18(25)9-5-16)12-20(23)22(30)27-26-13-14-1-10-19(28)11-21(14)29/h1-11,13,20,28-29H,12H2,(H,27,30)/b26-13+. The van der Waals surface area contributed by atoms with Gasteiger partial charge in [-0.05, 0) is 53.9 Å². The van der Waals surface area contributed by atoms with Gasteiger partial charge in [0, 0.05) is 27.1 Å². The minimum Gasteiger partial charge on any atom is -0.508 e. The third-order valence-corrected chi connectivity index (χ3v) is 5.89. The number of carbonyl (C=O) groups is 1. The smallest absolute Gasteiger partial charge is 0.244 e. The Labute approximate surface area is 183 Å². The second kappa shape index (κ2) is 8.01. The number of rotatable bonds is 5. The number of aromatic hydroxyl groups is 2. The SMILES string of the molecule is O=C(N/N=C/c1ccc(O)cc1O)C1CC1(c1ccc(Cl)cc1)c1ccc(Cl)cc1. The quantitative estimate of drug-likeness (QED) is 0.391. The summed E-state index contributed by atoms with van der Waals surface area (Å²) in [7, 11) is 0. The lowest BCUT2D eigenvalue weighted by Gasteiger charge is -2.19. The molecule has 4 rings (SSSR count). The molecule has 152 valence electrons. The zero-order chi connectivity index (χ0) is 21.3. The van der Waals surface area contributed by atoms with Crippen LogP contribution in [0.15, 0.2) is 71.8 Å². The van der Waals surface area contributed by atoms with Crippen molar-refractivity contribution in [2.24, 2.45) is 11.0 Å². The maximum Gasteiger partial charge on any atom is 0.244 e. The molecule has 0 aromatic heterocycles. The molecule has 1 aliphatic rings. The van der Waals surface area contributed by atoms with E-state index in [0.29, 0.717) is 22.0 Å². The highest BCUT2D eigenvalue weighted by Crippen LogP contribution is 2.59. The van der Waals surface area contributed by atoms with E-state index < -0.39 is 5.41 Å². The number of halogens is 2. The van der Waals surface area contributed by atoms with E-state index in [1.807, 2.05) is 48.5 Å². The van der Waals surface area contributed by atoms with Crippen molar-refractivity contribution in [1.82, 2.24) is 5.43 Å². The zero-order valence-corrected chi connectivity index (χ0v) is 17.2. The molecule has 30 heavy (non-hydrogen) atoms. The van der Waals surface area contributed by atoms with Crippen molar-refractivity contribution in [3.63, 3.8) is 0 Å². The first-order valence-corrected chi connectivity index (χ1v) is 10.0. The number of hydrogen-bond acceptors (Lipinski definition) is 4. The van der Waals surface area contributed by atoms with Gasteiger partial charge in [-0.1, -0.05) is 47.5 Å². The van der Waals surface area contributed by atoms with Gasteiger partial charge in [0.2, 0.25) is 5.91 Å². The van der Waals surface area contributed by atoms with E-state index in [2.05, 4.69) is 10.5 Å². The molecule has 3 aromatic rings. The molecule has 5 nitrogen and oxygen atoms in total. The van der Waals surface area contributed by atoms with E-state index in [-0.39, 0.29) is 23.3 Å². The monoisotopic (exact) mass is 440 g/mol. The summed E-state index contributed by atoms with van der Waals surface area (Å²) in [5.74, 6) is -0.724. The van der Waals surface area contributed by atoms with Gasteiger partial charge < -0.3 is 10.2 Å². The summed E-state index contributed by atoms with van der Waals surface area (Å²) in [6, 6.07) is 19.1. The van der Waals surface area contributed by atoms with Gasteiger partial charge in [-0.3, -0.25) is 4.79 Å². The van der Waals surface area contributed by atoms with E-state index in [9.17, 15) is 15.0 Å². The molecule has 1 unspecified atom stereocenters. The average molecular weight is 441 g/mol. The Morgan fingerprint density at radius 3 is 2.07 bits per heavy atom. The number of hydrogen-bond donors (Lipinski definition) is 3. The van der Waals surface area contributed by atoms with Crippen molar-refractivity contribution in [2.45, 2.75) is 11.8 Å². The second-order valence-corrected chi connectivity index (χ2v) is 8.09. The molecular weight excluding hydrogens is 423 g/mol. The summed E-state index contributed by atoms with van der Waals surface area (Å²) in [6.07, 6.45) is 1.96. The van der Waals surface area contributed by atoms with Gasteiger partial charge >= 0.3 is 0 Å². The number of carbonyl (C=O) groups excluding carboxylic acids is 1. The molecule has 1 atom stereocenters. The summed E-state index contributed by atoms with van der Waals surface area (Å²) in [5.41, 5.74) is 4.45. The zero-order valence-electron chi connectivity index (χ0n) is 15.7. The van der Waals surface area contributed by atoms with Crippen molar-refractivity contribution < 1.29 is 15.0 Å². The van der Waals surface area contributed by atoms with Gasteiger partial charge in [0.25, 0.3) is 0 Å². The van der Waals surface area contributed by atoms with Crippen LogP contribution in [-0.4, -0.2) is 22.3 Å². The molecule has 3 aromatic carbocycles. The molecule has 3 N–H and O–H groups in total. The molecule has 0 aliphatic heterocycles. The first-order chi connectivity index (χ1) is 14.4. The molecule has 0 spiro atoms. The fraction of sp³-hybridized carbons (Fsp3) is 0.130. The highest BCUT2D eigenvalue weighted by molar-refractivity contribution is 6.30. The lowest BCUT2D eigenvalue weighted by molar-refractivity contribution is -0.122. The van der Waals surface area contributed by atoms with Gasteiger partial charge in [0.05, 0.1) is 12.1 Å². The molecule has 0 heterocycles. The van der Waals surface area contributed by atoms with E-state index in [1.165, 1.54) is 24.4 Å². The van der Waals surface area contributed by atoms with Crippen molar-refractivity contribution in [3.8, 4) is 11.5 Å². The number of amides is 1. The van der Waals surface area contributed by atoms with Crippen molar-refractivity contribution in [2.75, 3.05) is 0 Å². The normalized spacial score (nSPS) is 17.1. The molecule has 0 radical (unpaired) electrons. The summed E-state index contributed by atoms with van der Waals surface area (Å²) < 4.78 is 0. The van der Waals surface area contributed by atoms with Crippen LogP contribution in [0.2, 0.25) is 10.0 Å².